The van der Waals surface area contributed by atoms with Crippen LogP contribution in [0.5, 0.6) is 5.75 Å². The van der Waals surface area contributed by atoms with Crippen LogP contribution in [-0.4, -0.2) is 23.6 Å². The van der Waals surface area contributed by atoms with Crippen molar-refractivity contribution in [3.05, 3.63) is 47.1 Å². The van der Waals surface area contributed by atoms with Gasteiger partial charge in [0.25, 0.3) is 10.0 Å². The molecule has 10 heteroatoms. The van der Waals surface area contributed by atoms with Crippen LogP contribution in [0.1, 0.15) is 74.4 Å². The summed E-state index contributed by atoms with van der Waals surface area (Å²) in [6.45, 7) is 4.23. The molecule has 2 heterocycles. The van der Waals surface area contributed by atoms with E-state index >= 15 is 0 Å². The number of hydrogen-bond acceptors (Lipinski definition) is 8. The Morgan fingerprint density at radius 1 is 1.16 bits per heavy atom. The van der Waals surface area contributed by atoms with Crippen molar-refractivity contribution in [1.82, 2.24) is 15.2 Å². The van der Waals surface area contributed by atoms with Gasteiger partial charge in [0.1, 0.15) is 29.3 Å². The van der Waals surface area contributed by atoms with Crippen LogP contribution in [0.25, 0.3) is 0 Å². The van der Waals surface area contributed by atoms with Gasteiger partial charge in [-0.1, -0.05) is 44.4 Å². The highest BCUT2D eigenvalue weighted by molar-refractivity contribution is 7.93. The van der Waals surface area contributed by atoms with E-state index in [-0.39, 0.29) is 22.6 Å². The molecule has 3 aromatic rings. The van der Waals surface area contributed by atoms with Crippen molar-refractivity contribution in [1.29, 1.82) is 0 Å². The van der Waals surface area contributed by atoms with E-state index in [1.807, 2.05) is 13.8 Å². The first-order valence-corrected chi connectivity index (χ1v) is 12.7. The van der Waals surface area contributed by atoms with Gasteiger partial charge in [0.2, 0.25) is 5.13 Å². The van der Waals surface area contributed by atoms with Crippen LogP contribution in [0, 0.1) is 0 Å². The lowest BCUT2D eigenvalue weighted by atomic mass is 9.89. The molecule has 1 fully saturated rings. The summed E-state index contributed by atoms with van der Waals surface area (Å²) in [6, 6.07) is 6.24. The molecule has 0 radical (unpaired) electrons. The van der Waals surface area contributed by atoms with E-state index in [9.17, 15) is 8.42 Å². The van der Waals surface area contributed by atoms with Crippen molar-refractivity contribution in [2.24, 2.45) is 0 Å². The van der Waals surface area contributed by atoms with E-state index in [2.05, 4.69) is 19.9 Å². The Morgan fingerprint density at radius 2 is 1.90 bits per heavy atom. The molecule has 0 bridgehead atoms. The van der Waals surface area contributed by atoms with Gasteiger partial charge in [-0.15, -0.1) is 10.2 Å². The molecule has 4 rings (SSSR count). The molecule has 0 aliphatic heterocycles. The molecule has 2 aromatic heterocycles. The molecule has 1 aliphatic carbocycles. The van der Waals surface area contributed by atoms with Crippen molar-refractivity contribution in [2.45, 2.75) is 69.3 Å². The average Bonchev–Trinajstić information content (AvgIpc) is 3.43. The largest absolute Gasteiger partial charge is 0.487 e. The molecule has 1 aliphatic rings. The number of sulfonamides is 1. The van der Waals surface area contributed by atoms with Gasteiger partial charge in [0.05, 0.1) is 4.90 Å². The number of aromatic nitrogens is 3. The lowest BCUT2D eigenvalue weighted by Crippen LogP contribution is -2.12. The van der Waals surface area contributed by atoms with E-state index in [4.69, 9.17) is 9.15 Å². The van der Waals surface area contributed by atoms with Crippen LogP contribution in [0.2, 0.25) is 0 Å². The van der Waals surface area contributed by atoms with Crippen molar-refractivity contribution >= 4 is 26.5 Å². The van der Waals surface area contributed by atoms with E-state index < -0.39 is 10.0 Å². The Balaban J connectivity index is 1.35. The predicted molar refractivity (Wildman–Crippen MR) is 118 cm³/mol. The van der Waals surface area contributed by atoms with Crippen molar-refractivity contribution in [3.63, 3.8) is 0 Å². The average molecular weight is 463 g/mol. The highest BCUT2D eigenvalue weighted by Gasteiger charge is 2.21. The summed E-state index contributed by atoms with van der Waals surface area (Å²) in [4.78, 5) is 4.68. The van der Waals surface area contributed by atoms with E-state index in [0.29, 0.717) is 11.7 Å². The zero-order chi connectivity index (χ0) is 21.8. The third kappa shape index (κ3) is 5.43. The molecule has 166 valence electrons. The van der Waals surface area contributed by atoms with Crippen LogP contribution >= 0.6 is 11.3 Å². The molecule has 0 saturated heterocycles. The summed E-state index contributed by atoms with van der Waals surface area (Å²) >= 11 is 1.23. The number of oxazole rings is 1. The maximum atomic E-state index is 12.6. The number of ether oxygens (including phenoxy) is 1. The second-order valence-corrected chi connectivity index (χ2v) is 10.7. The van der Waals surface area contributed by atoms with Gasteiger partial charge >= 0.3 is 0 Å². The molecule has 31 heavy (non-hydrogen) atoms. The minimum absolute atomic E-state index is 0.127. The molecule has 0 atom stereocenters. The lowest BCUT2D eigenvalue weighted by Gasteiger charge is -2.17. The van der Waals surface area contributed by atoms with Crippen LogP contribution < -0.4 is 9.46 Å². The SMILES string of the molecule is CC(C)c1nnc(NS(=O)(=O)c2ccc(OCc3coc(C4CCCCC4)n3)cc2)s1. The summed E-state index contributed by atoms with van der Waals surface area (Å²) in [7, 11) is -3.74. The summed E-state index contributed by atoms with van der Waals surface area (Å²) in [5, 5.41) is 8.93. The van der Waals surface area contributed by atoms with Crippen LogP contribution in [0.4, 0.5) is 5.13 Å². The normalized spacial score (nSPS) is 15.3. The van der Waals surface area contributed by atoms with E-state index in [1.54, 1.807) is 18.4 Å². The number of rotatable bonds is 8. The first kappa shape index (κ1) is 21.8. The Kier molecular flexibility index (Phi) is 6.57. The number of benzene rings is 1. The monoisotopic (exact) mass is 462 g/mol. The van der Waals surface area contributed by atoms with Gasteiger partial charge < -0.3 is 9.15 Å². The number of anilines is 1. The summed E-state index contributed by atoms with van der Waals surface area (Å²) in [6.07, 6.45) is 7.62. The third-order valence-corrected chi connectivity index (χ3v) is 7.82. The molecule has 1 saturated carbocycles. The van der Waals surface area contributed by atoms with E-state index in [1.165, 1.54) is 42.7 Å². The fourth-order valence-corrected chi connectivity index (χ4v) is 5.46. The maximum Gasteiger partial charge on any atom is 0.263 e. The molecular formula is C21H26N4O4S2. The van der Waals surface area contributed by atoms with Crippen LogP contribution in [-0.2, 0) is 16.6 Å². The van der Waals surface area contributed by atoms with Gasteiger partial charge in [-0.2, -0.15) is 0 Å². The second kappa shape index (κ2) is 9.35. The molecule has 0 amide bonds. The lowest BCUT2D eigenvalue weighted by molar-refractivity contribution is 0.300. The smallest absolute Gasteiger partial charge is 0.263 e. The van der Waals surface area contributed by atoms with Gasteiger partial charge in [-0.05, 0) is 37.1 Å². The van der Waals surface area contributed by atoms with Crippen LogP contribution in [0.3, 0.4) is 0 Å². The maximum absolute atomic E-state index is 12.6. The molecule has 8 nitrogen and oxygen atoms in total. The predicted octanol–water partition coefficient (Wildman–Crippen LogP) is 5.08. The molecule has 0 unspecified atom stereocenters. The second-order valence-electron chi connectivity index (χ2n) is 7.98. The Bertz CT molecular complexity index is 1100. The zero-order valence-corrected chi connectivity index (χ0v) is 19.2. The number of hydrogen-bond donors (Lipinski definition) is 1. The van der Waals surface area contributed by atoms with Crippen molar-refractivity contribution < 1.29 is 17.6 Å². The fraction of sp³-hybridized carbons (Fsp3) is 0.476. The van der Waals surface area contributed by atoms with E-state index in [0.717, 1.165) is 29.4 Å². The summed E-state index contributed by atoms with van der Waals surface area (Å²) < 4.78 is 39.0. The molecule has 1 N–H and O–H groups in total. The van der Waals surface area contributed by atoms with Crippen molar-refractivity contribution in [3.8, 4) is 5.75 Å². The first-order valence-electron chi connectivity index (χ1n) is 10.4. The van der Waals surface area contributed by atoms with Gasteiger partial charge in [-0.3, -0.25) is 4.72 Å². The zero-order valence-electron chi connectivity index (χ0n) is 17.6. The van der Waals surface area contributed by atoms with Crippen molar-refractivity contribution in [2.75, 3.05) is 4.72 Å². The number of nitrogens with one attached hydrogen (secondary N) is 1. The summed E-state index contributed by atoms with van der Waals surface area (Å²) in [5.74, 6) is 1.95. The Morgan fingerprint density at radius 3 is 2.58 bits per heavy atom. The Labute approximate surface area is 186 Å². The molecule has 1 aromatic carbocycles. The fourth-order valence-electron chi connectivity index (χ4n) is 3.48. The minimum atomic E-state index is -3.74. The van der Waals surface area contributed by atoms with Gasteiger partial charge in [-0.25, -0.2) is 13.4 Å². The standard InChI is InChI=1S/C21H26N4O4S2/c1-14(2)20-23-24-21(30-20)25-31(26,27)18-10-8-17(9-11-18)28-12-16-13-29-19(22-16)15-6-4-3-5-7-15/h8-11,13-15H,3-7,12H2,1-2H3,(H,24,25). The summed E-state index contributed by atoms with van der Waals surface area (Å²) in [5.41, 5.74) is 0.733. The minimum Gasteiger partial charge on any atom is -0.487 e. The topological polar surface area (TPSA) is 107 Å². The van der Waals surface area contributed by atoms with Gasteiger partial charge in [0.15, 0.2) is 5.89 Å². The van der Waals surface area contributed by atoms with Gasteiger partial charge in [0, 0.05) is 11.8 Å². The molecule has 0 spiro atoms. The molecular weight excluding hydrogens is 436 g/mol. The first-order chi connectivity index (χ1) is 14.9. The Hall–Kier alpha value is -2.46. The number of nitrogens with zero attached hydrogens (tertiary/aromatic N) is 3. The quantitative estimate of drug-likeness (QED) is 0.497. The van der Waals surface area contributed by atoms with Crippen LogP contribution in [0.15, 0.2) is 39.8 Å². The highest BCUT2D eigenvalue weighted by Crippen LogP contribution is 2.32. The highest BCUT2D eigenvalue weighted by atomic mass is 32.2. The third-order valence-electron chi connectivity index (χ3n) is 5.20.